The van der Waals surface area contributed by atoms with Gasteiger partial charge >= 0.3 is 0 Å². The van der Waals surface area contributed by atoms with Gasteiger partial charge in [-0.25, -0.2) is 8.42 Å². The van der Waals surface area contributed by atoms with E-state index < -0.39 is 10.0 Å². The lowest BCUT2D eigenvalue weighted by molar-refractivity contribution is 0.609. The minimum Gasteiger partial charge on any atom is -0.280 e. The van der Waals surface area contributed by atoms with Gasteiger partial charge in [0, 0.05) is 5.02 Å². The zero-order chi connectivity index (χ0) is 15.5. The zero-order valence-corrected chi connectivity index (χ0v) is 13.4. The first-order valence-corrected chi connectivity index (χ1v) is 8.32. The first kappa shape index (κ1) is 15.6. The van der Waals surface area contributed by atoms with E-state index in [1.807, 2.05) is 32.0 Å². The summed E-state index contributed by atoms with van der Waals surface area (Å²) in [4.78, 5) is 0. The molecule has 21 heavy (non-hydrogen) atoms. The number of hydrogen-bond acceptors (Lipinski definition) is 2. The molecule has 0 spiro atoms. The van der Waals surface area contributed by atoms with Crippen molar-refractivity contribution in [1.82, 2.24) is 0 Å². The van der Waals surface area contributed by atoms with Crippen LogP contribution in [0.2, 0.25) is 5.02 Å². The number of anilines is 1. The van der Waals surface area contributed by atoms with E-state index in [0.29, 0.717) is 10.7 Å². The lowest BCUT2D eigenvalue weighted by Crippen LogP contribution is -2.10. The molecule has 0 amide bonds. The Bertz CT molecular complexity index is 765. The van der Waals surface area contributed by atoms with E-state index >= 15 is 0 Å². The van der Waals surface area contributed by atoms with Gasteiger partial charge < -0.3 is 0 Å². The molecule has 0 saturated heterocycles. The quantitative estimate of drug-likeness (QED) is 0.909. The number of halogens is 1. The average molecular weight is 322 g/mol. The molecular weight excluding hydrogens is 306 g/mol. The predicted molar refractivity (Wildman–Crippen MR) is 88.9 cm³/mol. The monoisotopic (exact) mass is 321 g/mol. The Morgan fingerprint density at radius 3 is 2.38 bits per heavy atom. The van der Waals surface area contributed by atoms with Gasteiger partial charge in [-0.15, -0.1) is 0 Å². The molecule has 0 heterocycles. The number of sulfonamides is 1. The molecule has 5 heteroatoms. The van der Waals surface area contributed by atoms with Crippen molar-refractivity contribution in [3.05, 3.63) is 69.6 Å². The van der Waals surface area contributed by atoms with E-state index in [2.05, 4.69) is 4.72 Å². The summed E-state index contributed by atoms with van der Waals surface area (Å²) in [6, 6.07) is 12.6. The largest absolute Gasteiger partial charge is 0.280 e. The van der Waals surface area contributed by atoms with Crippen LogP contribution in [0.4, 0.5) is 5.69 Å². The Hall–Kier alpha value is -1.78. The van der Waals surface area contributed by atoms with Gasteiger partial charge in [0.15, 0.2) is 0 Å². The zero-order valence-electron chi connectivity index (χ0n) is 11.8. The molecule has 0 radical (unpaired) electrons. The second kappa shape index (κ2) is 6.33. The molecule has 2 rings (SSSR count). The molecular formula is C16H16ClNO2S. The van der Waals surface area contributed by atoms with Crippen LogP contribution >= 0.6 is 11.6 Å². The first-order chi connectivity index (χ1) is 9.85. The maximum Gasteiger partial charge on any atom is 0.255 e. The van der Waals surface area contributed by atoms with Gasteiger partial charge in [-0.2, -0.15) is 0 Å². The average Bonchev–Trinajstić information content (AvgIpc) is 2.42. The molecule has 110 valence electrons. The number of rotatable bonds is 4. The van der Waals surface area contributed by atoms with Crippen LogP contribution in [0.1, 0.15) is 16.7 Å². The van der Waals surface area contributed by atoms with Crippen molar-refractivity contribution in [2.24, 2.45) is 0 Å². The van der Waals surface area contributed by atoms with Gasteiger partial charge in [-0.3, -0.25) is 4.72 Å². The Balaban J connectivity index is 2.18. The smallest absolute Gasteiger partial charge is 0.255 e. The number of hydrogen-bond donors (Lipinski definition) is 1. The van der Waals surface area contributed by atoms with Crippen molar-refractivity contribution in [3.8, 4) is 0 Å². The van der Waals surface area contributed by atoms with Gasteiger partial charge in [-0.1, -0.05) is 35.9 Å². The minimum atomic E-state index is -3.55. The van der Waals surface area contributed by atoms with Crippen LogP contribution in [0.5, 0.6) is 0 Å². The van der Waals surface area contributed by atoms with Crippen LogP contribution in [0.3, 0.4) is 0 Å². The standard InChI is InChI=1S/C16H16ClNO2S/c1-12-3-4-13(2)16(11-12)18-21(19,20)10-9-14-5-7-15(17)8-6-14/h3-11,18H,1-2H3/b10-9+. The molecule has 0 aliphatic carbocycles. The summed E-state index contributed by atoms with van der Waals surface area (Å²) < 4.78 is 26.7. The lowest BCUT2D eigenvalue weighted by Gasteiger charge is -2.08. The summed E-state index contributed by atoms with van der Waals surface area (Å²) in [5.74, 6) is 0. The van der Waals surface area contributed by atoms with Crippen molar-refractivity contribution in [2.45, 2.75) is 13.8 Å². The molecule has 0 unspecified atom stereocenters. The molecule has 0 bridgehead atoms. The van der Waals surface area contributed by atoms with Crippen LogP contribution < -0.4 is 4.72 Å². The van der Waals surface area contributed by atoms with Crippen molar-refractivity contribution in [2.75, 3.05) is 4.72 Å². The van der Waals surface area contributed by atoms with Crippen molar-refractivity contribution < 1.29 is 8.42 Å². The third-order valence-electron chi connectivity index (χ3n) is 2.95. The van der Waals surface area contributed by atoms with Crippen LogP contribution in [-0.4, -0.2) is 8.42 Å². The fourth-order valence-electron chi connectivity index (χ4n) is 1.78. The van der Waals surface area contributed by atoms with E-state index in [9.17, 15) is 8.42 Å². The van der Waals surface area contributed by atoms with Crippen molar-refractivity contribution >= 4 is 33.4 Å². The van der Waals surface area contributed by atoms with Crippen molar-refractivity contribution in [1.29, 1.82) is 0 Å². The molecule has 0 atom stereocenters. The van der Waals surface area contributed by atoms with E-state index in [1.54, 1.807) is 24.3 Å². The highest BCUT2D eigenvalue weighted by Crippen LogP contribution is 2.18. The normalized spacial score (nSPS) is 11.8. The second-order valence-corrected chi connectivity index (χ2v) is 6.82. The van der Waals surface area contributed by atoms with Gasteiger partial charge in [-0.05, 0) is 54.8 Å². The van der Waals surface area contributed by atoms with E-state index in [0.717, 1.165) is 22.1 Å². The molecule has 3 nitrogen and oxygen atoms in total. The number of nitrogens with one attached hydrogen (secondary N) is 1. The SMILES string of the molecule is Cc1ccc(C)c(NS(=O)(=O)/C=C/c2ccc(Cl)cc2)c1. The maximum atomic E-state index is 12.1. The molecule has 0 saturated carbocycles. The van der Waals surface area contributed by atoms with Gasteiger partial charge in [0.1, 0.15) is 0 Å². The summed E-state index contributed by atoms with van der Waals surface area (Å²) in [6.45, 7) is 3.78. The fourth-order valence-corrected chi connectivity index (χ4v) is 2.83. The van der Waals surface area contributed by atoms with E-state index in [1.165, 1.54) is 6.08 Å². The molecule has 0 fully saturated rings. The molecule has 0 aliphatic heterocycles. The first-order valence-electron chi connectivity index (χ1n) is 6.39. The highest BCUT2D eigenvalue weighted by Gasteiger charge is 2.08. The Morgan fingerprint density at radius 2 is 1.71 bits per heavy atom. The van der Waals surface area contributed by atoms with Crippen molar-refractivity contribution in [3.63, 3.8) is 0 Å². The molecule has 1 N–H and O–H groups in total. The Labute approximate surface area is 130 Å². The highest BCUT2D eigenvalue weighted by atomic mass is 35.5. The topological polar surface area (TPSA) is 46.2 Å². The second-order valence-electron chi connectivity index (χ2n) is 4.82. The molecule has 2 aromatic rings. The molecule has 0 aromatic heterocycles. The summed E-state index contributed by atoms with van der Waals surface area (Å²) >= 11 is 5.79. The van der Waals surface area contributed by atoms with Gasteiger partial charge in [0.25, 0.3) is 10.0 Å². The molecule has 0 aliphatic rings. The number of benzene rings is 2. The van der Waals surface area contributed by atoms with Crippen LogP contribution in [-0.2, 0) is 10.0 Å². The van der Waals surface area contributed by atoms with Crippen LogP contribution in [0.25, 0.3) is 6.08 Å². The van der Waals surface area contributed by atoms with E-state index in [4.69, 9.17) is 11.6 Å². The van der Waals surface area contributed by atoms with Crippen LogP contribution in [0.15, 0.2) is 47.9 Å². The summed E-state index contributed by atoms with van der Waals surface area (Å²) in [5.41, 5.74) is 3.24. The molecule has 2 aromatic carbocycles. The number of aryl methyl sites for hydroxylation is 2. The summed E-state index contributed by atoms with van der Waals surface area (Å²) in [5, 5.41) is 1.77. The fraction of sp³-hybridized carbons (Fsp3) is 0.125. The minimum absolute atomic E-state index is 0.593. The Morgan fingerprint density at radius 1 is 1.05 bits per heavy atom. The summed E-state index contributed by atoms with van der Waals surface area (Å²) in [6.07, 6.45) is 1.53. The predicted octanol–water partition coefficient (Wildman–Crippen LogP) is 4.37. The lowest BCUT2D eigenvalue weighted by atomic mass is 10.1. The summed E-state index contributed by atoms with van der Waals surface area (Å²) in [7, 11) is -3.55. The van der Waals surface area contributed by atoms with E-state index in [-0.39, 0.29) is 0 Å². The third kappa shape index (κ3) is 4.62. The third-order valence-corrected chi connectivity index (χ3v) is 4.21. The van der Waals surface area contributed by atoms with Gasteiger partial charge in [0.2, 0.25) is 0 Å². The highest BCUT2D eigenvalue weighted by molar-refractivity contribution is 7.95. The maximum absolute atomic E-state index is 12.1. The Kier molecular flexibility index (Phi) is 4.70. The van der Waals surface area contributed by atoms with Crippen LogP contribution in [0, 0.1) is 13.8 Å². The van der Waals surface area contributed by atoms with Gasteiger partial charge in [0.05, 0.1) is 11.1 Å².